The Balaban J connectivity index is 1.41. The van der Waals surface area contributed by atoms with Gasteiger partial charge in [0.2, 0.25) is 10.0 Å². The van der Waals surface area contributed by atoms with Gasteiger partial charge in [0, 0.05) is 6.54 Å². The van der Waals surface area contributed by atoms with Crippen molar-refractivity contribution in [1.29, 1.82) is 0 Å². The second-order valence-corrected chi connectivity index (χ2v) is 8.27. The lowest BCUT2D eigenvalue weighted by Crippen LogP contribution is -2.44. The monoisotopic (exact) mass is 405 g/mol. The summed E-state index contributed by atoms with van der Waals surface area (Å²) in [5, 5.41) is 5.52. The predicted octanol–water partition coefficient (Wildman–Crippen LogP) is 1.37. The Kier molecular flexibility index (Phi) is 6.37. The van der Waals surface area contributed by atoms with Crippen molar-refractivity contribution in [3.05, 3.63) is 59.7 Å². The normalized spacial score (nSPS) is 15.7. The first-order valence-electron chi connectivity index (χ1n) is 8.84. The Bertz CT molecular complexity index is 915. The molecular weight excluding hydrogens is 382 g/mol. The minimum Gasteiger partial charge on any atom is -0.486 e. The van der Waals surface area contributed by atoms with Crippen LogP contribution in [0, 0.1) is 0 Å². The van der Waals surface area contributed by atoms with E-state index in [2.05, 4.69) is 15.4 Å². The number of rotatable bonds is 7. The van der Waals surface area contributed by atoms with E-state index in [9.17, 15) is 13.2 Å². The summed E-state index contributed by atoms with van der Waals surface area (Å²) in [7, 11) is -1.92. The number of benzene rings is 2. The molecule has 0 aliphatic carbocycles. The van der Waals surface area contributed by atoms with E-state index in [1.807, 2.05) is 24.3 Å². The third kappa shape index (κ3) is 5.61. The molecule has 0 unspecified atom stereocenters. The zero-order chi connectivity index (χ0) is 20.0. The zero-order valence-electron chi connectivity index (χ0n) is 15.5. The fourth-order valence-electron chi connectivity index (χ4n) is 2.66. The molecule has 9 heteroatoms. The summed E-state index contributed by atoms with van der Waals surface area (Å²) in [5.41, 5.74) is 1.55. The fourth-order valence-corrected chi connectivity index (χ4v) is 3.44. The van der Waals surface area contributed by atoms with Crippen molar-refractivity contribution in [1.82, 2.24) is 15.4 Å². The van der Waals surface area contributed by atoms with E-state index < -0.39 is 10.0 Å². The third-order valence-electron chi connectivity index (χ3n) is 4.20. The number of carbonyl (C=O) groups is 1. The lowest BCUT2D eigenvalue weighted by atomic mass is 10.1. The molecule has 0 bridgehead atoms. The number of para-hydroxylation sites is 2. The first-order valence-corrected chi connectivity index (χ1v) is 10.5. The second kappa shape index (κ2) is 8.94. The Hall–Kier alpha value is -2.78. The van der Waals surface area contributed by atoms with E-state index >= 15 is 0 Å². The molecule has 3 N–H and O–H groups in total. The third-order valence-corrected chi connectivity index (χ3v) is 5.54. The molecule has 28 heavy (non-hydrogen) atoms. The zero-order valence-corrected chi connectivity index (χ0v) is 16.3. The molecule has 2 amide bonds. The van der Waals surface area contributed by atoms with Crippen LogP contribution in [0.1, 0.15) is 11.1 Å². The van der Waals surface area contributed by atoms with E-state index in [-0.39, 0.29) is 17.9 Å². The molecule has 150 valence electrons. The Labute approximate surface area is 164 Å². The fraction of sp³-hybridized carbons (Fsp3) is 0.316. The second-order valence-electron chi connectivity index (χ2n) is 6.34. The van der Waals surface area contributed by atoms with Crippen molar-refractivity contribution in [2.24, 2.45) is 0 Å². The van der Waals surface area contributed by atoms with Gasteiger partial charge in [-0.1, -0.05) is 36.4 Å². The molecule has 8 nitrogen and oxygen atoms in total. The van der Waals surface area contributed by atoms with Gasteiger partial charge in [0.1, 0.15) is 6.61 Å². The maximum Gasteiger partial charge on any atom is 0.315 e. The number of ether oxygens (including phenoxy) is 2. The summed E-state index contributed by atoms with van der Waals surface area (Å²) < 4.78 is 36.8. The van der Waals surface area contributed by atoms with Crippen LogP contribution in [-0.2, 0) is 22.3 Å². The van der Waals surface area contributed by atoms with Crippen molar-refractivity contribution in [3.8, 4) is 11.5 Å². The van der Waals surface area contributed by atoms with E-state index in [0.29, 0.717) is 36.8 Å². The SMILES string of the molecule is CNS(=O)(=O)Cc1ccc(CNC(=O)NC[C@H]2COc3ccccc3O2)cc1. The molecule has 0 spiro atoms. The van der Waals surface area contributed by atoms with Crippen LogP contribution >= 0.6 is 0 Å². The standard InChI is InChI=1S/C19H23N3O5S/c1-20-28(24,25)13-15-8-6-14(7-9-15)10-21-19(23)22-11-16-12-26-17-4-2-3-5-18(17)27-16/h2-9,16,20H,10-13H2,1H3,(H2,21,22,23)/t16-/m0/s1. The number of urea groups is 1. The van der Waals surface area contributed by atoms with Gasteiger partial charge in [-0.3, -0.25) is 0 Å². The van der Waals surface area contributed by atoms with Gasteiger partial charge in [0.05, 0.1) is 12.3 Å². The van der Waals surface area contributed by atoms with Crippen LogP contribution in [0.25, 0.3) is 0 Å². The minimum absolute atomic E-state index is 0.0791. The molecule has 2 aromatic rings. The van der Waals surface area contributed by atoms with E-state index in [1.165, 1.54) is 7.05 Å². The quantitative estimate of drug-likeness (QED) is 0.645. The lowest BCUT2D eigenvalue weighted by molar-refractivity contribution is 0.0918. The molecule has 0 aromatic heterocycles. The summed E-state index contributed by atoms with van der Waals surface area (Å²) in [6, 6.07) is 14.1. The molecule has 3 rings (SSSR count). The van der Waals surface area contributed by atoms with Crippen molar-refractivity contribution in [2.45, 2.75) is 18.4 Å². The van der Waals surface area contributed by atoms with Crippen LogP contribution in [0.15, 0.2) is 48.5 Å². The Morgan fingerprint density at radius 1 is 1.04 bits per heavy atom. The van der Waals surface area contributed by atoms with Crippen LogP contribution < -0.4 is 24.8 Å². The van der Waals surface area contributed by atoms with Gasteiger partial charge in [0.15, 0.2) is 17.6 Å². The van der Waals surface area contributed by atoms with Crippen molar-refractivity contribution >= 4 is 16.1 Å². The summed E-state index contributed by atoms with van der Waals surface area (Å²) in [6.07, 6.45) is -0.256. The van der Waals surface area contributed by atoms with E-state index in [1.54, 1.807) is 24.3 Å². The molecule has 1 aliphatic heterocycles. The Morgan fingerprint density at radius 3 is 2.43 bits per heavy atom. The Morgan fingerprint density at radius 2 is 1.71 bits per heavy atom. The highest BCUT2D eigenvalue weighted by Crippen LogP contribution is 2.30. The molecule has 1 atom stereocenters. The average molecular weight is 405 g/mol. The number of carbonyl (C=O) groups excluding carboxylic acids is 1. The first-order chi connectivity index (χ1) is 13.4. The number of hydrogen-bond donors (Lipinski definition) is 3. The average Bonchev–Trinajstić information content (AvgIpc) is 2.71. The van der Waals surface area contributed by atoms with Gasteiger partial charge >= 0.3 is 6.03 Å². The van der Waals surface area contributed by atoms with Gasteiger partial charge in [-0.05, 0) is 30.3 Å². The topological polar surface area (TPSA) is 106 Å². The van der Waals surface area contributed by atoms with Gasteiger partial charge in [-0.25, -0.2) is 17.9 Å². The molecule has 0 radical (unpaired) electrons. The molecular formula is C19H23N3O5S. The molecule has 1 heterocycles. The largest absolute Gasteiger partial charge is 0.486 e. The van der Waals surface area contributed by atoms with Crippen LogP contribution in [-0.4, -0.2) is 40.8 Å². The summed E-state index contributed by atoms with van der Waals surface area (Å²) >= 11 is 0. The maximum absolute atomic E-state index is 12.0. The smallest absolute Gasteiger partial charge is 0.315 e. The summed E-state index contributed by atoms with van der Waals surface area (Å²) in [4.78, 5) is 12.0. The van der Waals surface area contributed by atoms with E-state index in [0.717, 1.165) is 5.56 Å². The van der Waals surface area contributed by atoms with Crippen molar-refractivity contribution in [3.63, 3.8) is 0 Å². The minimum atomic E-state index is -3.30. The highest BCUT2D eigenvalue weighted by atomic mass is 32.2. The van der Waals surface area contributed by atoms with Gasteiger partial charge in [-0.2, -0.15) is 0 Å². The highest BCUT2D eigenvalue weighted by Gasteiger charge is 2.20. The summed E-state index contributed by atoms with van der Waals surface area (Å²) in [6.45, 7) is 1.02. The van der Waals surface area contributed by atoms with Crippen LogP contribution in [0.4, 0.5) is 4.79 Å². The molecule has 0 saturated heterocycles. The number of hydrogen-bond acceptors (Lipinski definition) is 5. The van der Waals surface area contributed by atoms with Crippen LogP contribution in [0.2, 0.25) is 0 Å². The van der Waals surface area contributed by atoms with E-state index in [4.69, 9.17) is 9.47 Å². The van der Waals surface area contributed by atoms with Crippen LogP contribution in [0.3, 0.4) is 0 Å². The van der Waals surface area contributed by atoms with Crippen molar-refractivity contribution < 1.29 is 22.7 Å². The van der Waals surface area contributed by atoms with Gasteiger partial charge in [-0.15, -0.1) is 0 Å². The maximum atomic E-state index is 12.0. The molecule has 0 saturated carbocycles. The highest BCUT2D eigenvalue weighted by molar-refractivity contribution is 7.88. The molecule has 2 aromatic carbocycles. The number of nitrogens with one attached hydrogen (secondary N) is 3. The number of fused-ring (bicyclic) bond motifs is 1. The van der Waals surface area contributed by atoms with Crippen LogP contribution in [0.5, 0.6) is 11.5 Å². The number of sulfonamides is 1. The summed E-state index contributed by atoms with van der Waals surface area (Å²) in [5.74, 6) is 1.29. The lowest BCUT2D eigenvalue weighted by Gasteiger charge is -2.26. The molecule has 1 aliphatic rings. The number of amides is 2. The van der Waals surface area contributed by atoms with Crippen molar-refractivity contribution in [2.75, 3.05) is 20.2 Å². The first kappa shape index (κ1) is 20.0. The molecule has 0 fully saturated rings. The van der Waals surface area contributed by atoms with Gasteiger partial charge in [0.25, 0.3) is 0 Å². The predicted molar refractivity (Wildman–Crippen MR) is 105 cm³/mol. The van der Waals surface area contributed by atoms with Gasteiger partial charge < -0.3 is 20.1 Å².